The minimum absolute atomic E-state index is 0.0193. The van der Waals surface area contributed by atoms with E-state index in [0.717, 1.165) is 55.6 Å². The first kappa shape index (κ1) is 17.8. The molecule has 1 atom stereocenters. The summed E-state index contributed by atoms with van der Waals surface area (Å²) in [7, 11) is 0. The topological polar surface area (TPSA) is 83.1 Å². The van der Waals surface area contributed by atoms with Gasteiger partial charge < -0.3 is 15.0 Å². The zero-order chi connectivity index (χ0) is 18.6. The van der Waals surface area contributed by atoms with Crippen LogP contribution in [0.3, 0.4) is 0 Å². The van der Waals surface area contributed by atoms with Crippen LogP contribution in [0.25, 0.3) is 0 Å². The fraction of sp³-hybridized carbons (Fsp3) is 0.550. The number of nitrogens with zero attached hydrogens (tertiary/aromatic N) is 3. The number of ether oxygens (including phenoxy) is 1. The number of aromatic nitrogens is 3. The van der Waals surface area contributed by atoms with Crippen LogP contribution in [-0.2, 0) is 12.8 Å². The van der Waals surface area contributed by atoms with Crippen LogP contribution >= 0.6 is 0 Å². The average molecular weight is 369 g/mol. The summed E-state index contributed by atoms with van der Waals surface area (Å²) in [4.78, 5) is 19.2. The van der Waals surface area contributed by atoms with Gasteiger partial charge in [0.1, 0.15) is 6.10 Å². The van der Waals surface area contributed by atoms with E-state index < -0.39 is 0 Å². The number of aryl methyl sites for hydroxylation is 1. The van der Waals surface area contributed by atoms with Crippen molar-refractivity contribution in [2.24, 2.45) is 0 Å². The van der Waals surface area contributed by atoms with E-state index in [1.807, 2.05) is 17.0 Å². The Balaban J connectivity index is 1.41. The van der Waals surface area contributed by atoms with Crippen molar-refractivity contribution < 1.29 is 9.53 Å². The van der Waals surface area contributed by atoms with Gasteiger partial charge in [-0.2, -0.15) is 5.10 Å². The molecular formula is C20H27N5O2. The van der Waals surface area contributed by atoms with Crippen LogP contribution in [0.2, 0.25) is 0 Å². The standard InChI is InChI=1S/C20H27N5O2/c1-2-10-21-17-8-5-11-22-19(17)27-14-9-12-25(13-14)20(26)18-15-6-3-4-7-16(15)23-24-18/h5,8,11,14,21H,2-4,6-7,9-10,12-13H2,1H3,(H,23,24). The van der Waals surface area contributed by atoms with E-state index in [1.54, 1.807) is 6.20 Å². The summed E-state index contributed by atoms with van der Waals surface area (Å²) in [5.41, 5.74) is 3.77. The van der Waals surface area contributed by atoms with Gasteiger partial charge in [0, 0.05) is 37.0 Å². The lowest BCUT2D eigenvalue weighted by atomic mass is 9.95. The van der Waals surface area contributed by atoms with Crippen LogP contribution in [-0.4, -0.2) is 51.7 Å². The summed E-state index contributed by atoms with van der Waals surface area (Å²) >= 11 is 0. The third kappa shape index (κ3) is 3.77. The number of aromatic amines is 1. The highest BCUT2D eigenvalue weighted by Gasteiger charge is 2.32. The molecule has 1 unspecified atom stereocenters. The Bertz CT molecular complexity index is 803. The minimum atomic E-state index is -0.0409. The Morgan fingerprint density at radius 2 is 2.30 bits per heavy atom. The number of amides is 1. The predicted octanol–water partition coefficient (Wildman–Crippen LogP) is 2.80. The second-order valence-electron chi connectivity index (χ2n) is 7.30. The monoisotopic (exact) mass is 369 g/mol. The van der Waals surface area contributed by atoms with Crippen molar-refractivity contribution in [3.05, 3.63) is 35.3 Å². The molecule has 1 fully saturated rings. The molecule has 3 heterocycles. The lowest BCUT2D eigenvalue weighted by Gasteiger charge is -2.18. The van der Waals surface area contributed by atoms with E-state index in [-0.39, 0.29) is 12.0 Å². The smallest absolute Gasteiger partial charge is 0.274 e. The highest BCUT2D eigenvalue weighted by molar-refractivity contribution is 5.94. The largest absolute Gasteiger partial charge is 0.471 e. The van der Waals surface area contributed by atoms with Crippen LogP contribution in [0.4, 0.5) is 5.69 Å². The van der Waals surface area contributed by atoms with Crippen molar-refractivity contribution in [1.29, 1.82) is 0 Å². The normalized spacial score (nSPS) is 19.0. The zero-order valence-electron chi connectivity index (χ0n) is 15.8. The molecule has 7 heteroatoms. The molecule has 1 saturated heterocycles. The number of H-pyrrole nitrogens is 1. The number of fused-ring (bicyclic) bond motifs is 1. The Kier molecular flexibility index (Phi) is 5.27. The van der Waals surface area contributed by atoms with Gasteiger partial charge in [0.2, 0.25) is 5.88 Å². The second-order valence-corrected chi connectivity index (χ2v) is 7.30. The molecule has 2 aromatic heterocycles. The molecule has 4 rings (SSSR count). The molecule has 0 spiro atoms. The Labute approximate surface area is 159 Å². The summed E-state index contributed by atoms with van der Waals surface area (Å²) in [5, 5.41) is 10.7. The number of nitrogens with one attached hydrogen (secondary N) is 2. The number of hydrogen-bond acceptors (Lipinski definition) is 5. The number of pyridine rings is 1. The van der Waals surface area contributed by atoms with Gasteiger partial charge in [-0.25, -0.2) is 4.98 Å². The van der Waals surface area contributed by atoms with Gasteiger partial charge in [0.15, 0.2) is 5.69 Å². The lowest BCUT2D eigenvalue weighted by Crippen LogP contribution is -2.32. The van der Waals surface area contributed by atoms with Gasteiger partial charge in [-0.1, -0.05) is 6.92 Å². The van der Waals surface area contributed by atoms with Crippen molar-refractivity contribution in [1.82, 2.24) is 20.1 Å². The number of hydrogen-bond donors (Lipinski definition) is 2. The molecule has 2 N–H and O–H groups in total. The maximum atomic E-state index is 12.9. The molecule has 2 aromatic rings. The van der Waals surface area contributed by atoms with E-state index in [1.165, 1.54) is 6.42 Å². The number of rotatable bonds is 6. The van der Waals surface area contributed by atoms with Gasteiger partial charge >= 0.3 is 0 Å². The summed E-state index contributed by atoms with van der Waals surface area (Å²) in [6, 6.07) is 3.88. The third-order valence-electron chi connectivity index (χ3n) is 5.31. The maximum Gasteiger partial charge on any atom is 0.274 e. The molecule has 7 nitrogen and oxygen atoms in total. The van der Waals surface area contributed by atoms with Gasteiger partial charge in [-0.3, -0.25) is 9.89 Å². The summed E-state index contributed by atoms with van der Waals surface area (Å²) < 4.78 is 6.12. The fourth-order valence-electron chi connectivity index (χ4n) is 3.85. The number of carbonyl (C=O) groups excluding carboxylic acids is 1. The van der Waals surface area contributed by atoms with Crippen LogP contribution in [0.15, 0.2) is 18.3 Å². The molecule has 1 aliphatic heterocycles. The number of carbonyl (C=O) groups is 1. The lowest BCUT2D eigenvalue weighted by molar-refractivity contribution is 0.0764. The average Bonchev–Trinajstić information content (AvgIpc) is 3.34. The molecule has 144 valence electrons. The zero-order valence-corrected chi connectivity index (χ0v) is 15.8. The van der Waals surface area contributed by atoms with Crippen LogP contribution in [0.5, 0.6) is 5.88 Å². The van der Waals surface area contributed by atoms with Crippen LogP contribution < -0.4 is 10.1 Å². The molecule has 0 radical (unpaired) electrons. The highest BCUT2D eigenvalue weighted by Crippen LogP contribution is 2.27. The van der Waals surface area contributed by atoms with Gasteiger partial charge in [-0.05, 0) is 44.2 Å². The van der Waals surface area contributed by atoms with Gasteiger partial charge in [-0.15, -0.1) is 0 Å². The predicted molar refractivity (Wildman–Crippen MR) is 103 cm³/mol. The third-order valence-corrected chi connectivity index (χ3v) is 5.31. The molecule has 1 amide bonds. The van der Waals surface area contributed by atoms with Gasteiger partial charge in [0.25, 0.3) is 5.91 Å². The fourth-order valence-corrected chi connectivity index (χ4v) is 3.85. The molecule has 0 saturated carbocycles. The first-order chi connectivity index (χ1) is 13.3. The van der Waals surface area contributed by atoms with Crippen molar-refractivity contribution in [3.63, 3.8) is 0 Å². The first-order valence-electron chi connectivity index (χ1n) is 9.97. The molecular weight excluding hydrogens is 342 g/mol. The van der Waals surface area contributed by atoms with E-state index in [0.29, 0.717) is 24.7 Å². The van der Waals surface area contributed by atoms with Crippen molar-refractivity contribution in [2.45, 2.75) is 51.6 Å². The molecule has 1 aliphatic carbocycles. The molecule has 2 aliphatic rings. The van der Waals surface area contributed by atoms with E-state index in [2.05, 4.69) is 27.4 Å². The number of likely N-dealkylation sites (tertiary alicyclic amines) is 1. The van der Waals surface area contributed by atoms with Crippen molar-refractivity contribution in [2.75, 3.05) is 25.0 Å². The Morgan fingerprint density at radius 1 is 1.41 bits per heavy atom. The first-order valence-corrected chi connectivity index (χ1v) is 9.97. The summed E-state index contributed by atoms with van der Waals surface area (Å²) in [6.45, 7) is 4.26. The van der Waals surface area contributed by atoms with Crippen molar-refractivity contribution >= 4 is 11.6 Å². The quantitative estimate of drug-likeness (QED) is 0.818. The van der Waals surface area contributed by atoms with E-state index >= 15 is 0 Å². The summed E-state index contributed by atoms with van der Waals surface area (Å²) in [5.74, 6) is 0.633. The molecule has 27 heavy (non-hydrogen) atoms. The SMILES string of the molecule is CCCNc1cccnc1OC1CCN(C(=O)c2n[nH]c3c2CCCC3)C1. The van der Waals surface area contributed by atoms with Crippen LogP contribution in [0, 0.1) is 0 Å². The molecule has 0 bridgehead atoms. The van der Waals surface area contributed by atoms with Gasteiger partial charge in [0.05, 0.1) is 12.2 Å². The Hall–Kier alpha value is -2.57. The highest BCUT2D eigenvalue weighted by atomic mass is 16.5. The molecule has 0 aromatic carbocycles. The van der Waals surface area contributed by atoms with Crippen LogP contribution in [0.1, 0.15) is 54.4 Å². The van der Waals surface area contributed by atoms with E-state index in [4.69, 9.17) is 4.74 Å². The Morgan fingerprint density at radius 3 is 3.19 bits per heavy atom. The van der Waals surface area contributed by atoms with Crippen molar-refractivity contribution in [3.8, 4) is 5.88 Å². The number of anilines is 1. The second kappa shape index (κ2) is 7.98. The summed E-state index contributed by atoms with van der Waals surface area (Å²) in [6.07, 6.45) is 7.78. The minimum Gasteiger partial charge on any atom is -0.471 e. The van der Waals surface area contributed by atoms with E-state index in [9.17, 15) is 4.79 Å². The maximum absolute atomic E-state index is 12.9.